The molecule has 56 valence electrons. The summed E-state index contributed by atoms with van der Waals surface area (Å²) in [6.07, 6.45) is 0. The monoisotopic (exact) mass is 256 g/mol. The Kier molecular flexibility index (Phi) is 4.81. The molecule has 0 aliphatic rings. The molecule has 0 aliphatic carbocycles. The molecule has 1 atom stereocenters. The first-order valence-corrected chi connectivity index (χ1v) is 4.02. The van der Waals surface area contributed by atoms with Gasteiger partial charge in [0.1, 0.15) is 5.01 Å². The molecule has 0 rings (SSSR count). The molecule has 0 bridgehead atoms. The second-order valence-electron chi connectivity index (χ2n) is 1.17. The molecule has 0 amide bonds. The van der Waals surface area contributed by atoms with Crippen LogP contribution in [0.2, 0.25) is 0 Å². The fourth-order valence-electron chi connectivity index (χ4n) is 0.121. The number of hydrogen-bond acceptors (Lipinski definition) is 2. The lowest BCUT2D eigenvalue weighted by atomic mass is 10.9. The van der Waals surface area contributed by atoms with Gasteiger partial charge in [-0.1, -0.05) is 50.7 Å². The van der Waals surface area contributed by atoms with E-state index in [-0.39, 0.29) is 5.01 Å². The van der Waals surface area contributed by atoms with Crippen molar-refractivity contribution in [3.8, 4) is 0 Å². The Balaban J connectivity index is 3.28. The van der Waals surface area contributed by atoms with Crippen molar-refractivity contribution in [3.63, 3.8) is 0 Å². The van der Waals surface area contributed by atoms with E-state index in [1.54, 1.807) is 6.92 Å². The van der Waals surface area contributed by atoms with Crippen molar-refractivity contribution in [2.24, 2.45) is 0 Å². The summed E-state index contributed by atoms with van der Waals surface area (Å²) in [5.41, 5.74) is 0. The molecule has 0 N–H and O–H groups in total. The fraction of sp³-hybridized carbons (Fsp3) is 1.00. The van der Waals surface area contributed by atoms with Crippen LogP contribution in [0.1, 0.15) is 6.92 Å². The first-order chi connectivity index (χ1) is 3.92. The largest absolute Gasteiger partial charge is 0.326 e. The van der Waals surface area contributed by atoms with Gasteiger partial charge in [-0.3, -0.25) is 0 Å². The maximum Gasteiger partial charge on any atom is 0.326 e. The summed E-state index contributed by atoms with van der Waals surface area (Å²) < 4.78 is -1.80. The van der Waals surface area contributed by atoms with Gasteiger partial charge in [0.05, 0.1) is 0 Å². The Hall–Kier alpha value is 1.27. The van der Waals surface area contributed by atoms with E-state index in [1.807, 2.05) is 0 Å². The molecule has 0 aliphatic heterocycles. The van der Waals surface area contributed by atoms with Gasteiger partial charge in [-0.05, 0) is 6.92 Å². The topological polar surface area (TPSA) is 18.5 Å². The summed E-state index contributed by atoms with van der Waals surface area (Å²) in [5, 5.41) is -0.298. The molecule has 0 radical (unpaired) electrons. The lowest BCUT2D eigenvalue weighted by Crippen LogP contribution is -2.11. The SMILES string of the molecule is CC(Br)OOC(Cl)(Cl)Cl. The summed E-state index contributed by atoms with van der Waals surface area (Å²) in [6.45, 7) is 1.68. The summed E-state index contributed by atoms with van der Waals surface area (Å²) >= 11 is 18.4. The highest BCUT2D eigenvalue weighted by molar-refractivity contribution is 9.09. The van der Waals surface area contributed by atoms with E-state index >= 15 is 0 Å². The zero-order valence-electron chi connectivity index (χ0n) is 4.41. The highest BCUT2D eigenvalue weighted by Gasteiger charge is 2.22. The molecular weight excluding hydrogens is 254 g/mol. The van der Waals surface area contributed by atoms with Crippen LogP contribution in [0.15, 0.2) is 0 Å². The third-order valence-electron chi connectivity index (χ3n) is 0.275. The van der Waals surface area contributed by atoms with Gasteiger partial charge in [-0.15, -0.1) is 0 Å². The normalized spacial score (nSPS) is 15.7. The van der Waals surface area contributed by atoms with Gasteiger partial charge in [0, 0.05) is 0 Å². The summed E-state index contributed by atoms with van der Waals surface area (Å²) in [6, 6.07) is 0. The Morgan fingerprint density at radius 3 is 2.00 bits per heavy atom. The van der Waals surface area contributed by atoms with Crippen LogP contribution in [-0.2, 0) is 9.78 Å². The van der Waals surface area contributed by atoms with Gasteiger partial charge in [-0.25, -0.2) is 4.89 Å². The fourth-order valence-corrected chi connectivity index (χ4v) is 0.306. The smallest absolute Gasteiger partial charge is 0.218 e. The first kappa shape index (κ1) is 10.3. The molecule has 0 saturated carbocycles. The average Bonchev–Trinajstić information content (AvgIpc) is 1.59. The van der Waals surface area contributed by atoms with Crippen LogP contribution in [0.5, 0.6) is 0 Å². The molecule has 1 unspecified atom stereocenters. The second kappa shape index (κ2) is 4.21. The highest BCUT2D eigenvalue weighted by Crippen LogP contribution is 2.28. The van der Waals surface area contributed by atoms with Crippen LogP contribution in [0, 0.1) is 0 Å². The number of hydrogen-bond donors (Lipinski definition) is 0. The Labute approximate surface area is 76.4 Å². The van der Waals surface area contributed by atoms with Crippen molar-refractivity contribution in [1.29, 1.82) is 0 Å². The molecule has 0 aromatic heterocycles. The van der Waals surface area contributed by atoms with E-state index in [9.17, 15) is 0 Å². The lowest BCUT2D eigenvalue weighted by Gasteiger charge is -2.11. The minimum Gasteiger partial charge on any atom is -0.218 e. The lowest BCUT2D eigenvalue weighted by molar-refractivity contribution is -0.305. The van der Waals surface area contributed by atoms with Gasteiger partial charge < -0.3 is 0 Å². The van der Waals surface area contributed by atoms with Crippen LogP contribution in [0.25, 0.3) is 0 Å². The third kappa shape index (κ3) is 9.27. The average molecular weight is 258 g/mol. The minimum atomic E-state index is -1.80. The van der Waals surface area contributed by atoms with Gasteiger partial charge in [0.25, 0.3) is 0 Å². The van der Waals surface area contributed by atoms with Gasteiger partial charge in [0.15, 0.2) is 0 Å². The van der Waals surface area contributed by atoms with Crippen LogP contribution >= 0.6 is 50.7 Å². The summed E-state index contributed by atoms with van der Waals surface area (Å²) in [4.78, 5) is 8.67. The molecule has 0 aromatic rings. The molecule has 0 fully saturated rings. The van der Waals surface area contributed by atoms with Gasteiger partial charge in [-0.2, -0.15) is 4.89 Å². The van der Waals surface area contributed by atoms with Crippen molar-refractivity contribution in [2.45, 2.75) is 15.9 Å². The predicted molar refractivity (Wildman–Crippen MR) is 40.8 cm³/mol. The Morgan fingerprint density at radius 1 is 1.44 bits per heavy atom. The number of alkyl halides is 4. The third-order valence-corrected chi connectivity index (χ3v) is 0.617. The van der Waals surface area contributed by atoms with E-state index in [0.29, 0.717) is 0 Å². The molecule has 2 nitrogen and oxygen atoms in total. The van der Waals surface area contributed by atoms with E-state index in [1.165, 1.54) is 0 Å². The number of halogens is 4. The molecule has 0 heterocycles. The zero-order valence-corrected chi connectivity index (χ0v) is 8.26. The quantitative estimate of drug-likeness (QED) is 0.430. The van der Waals surface area contributed by atoms with Crippen molar-refractivity contribution < 1.29 is 9.78 Å². The Bertz CT molecular complexity index is 81.6. The van der Waals surface area contributed by atoms with E-state index < -0.39 is 3.98 Å². The summed E-state index contributed by atoms with van der Waals surface area (Å²) in [7, 11) is 0. The van der Waals surface area contributed by atoms with Crippen LogP contribution in [0.4, 0.5) is 0 Å². The zero-order chi connectivity index (χ0) is 7.49. The predicted octanol–water partition coefficient (Wildman–Crippen LogP) is 3.00. The first-order valence-electron chi connectivity index (χ1n) is 1.97. The van der Waals surface area contributed by atoms with Crippen LogP contribution in [-0.4, -0.2) is 8.99 Å². The molecule has 0 aromatic carbocycles. The van der Waals surface area contributed by atoms with Gasteiger partial charge in [0.2, 0.25) is 0 Å². The van der Waals surface area contributed by atoms with Crippen LogP contribution < -0.4 is 0 Å². The maximum absolute atomic E-state index is 5.14. The molecule has 6 heteroatoms. The highest BCUT2D eigenvalue weighted by atomic mass is 79.9. The Morgan fingerprint density at radius 2 is 1.89 bits per heavy atom. The number of rotatable bonds is 2. The minimum absolute atomic E-state index is 0.298. The molecule has 9 heavy (non-hydrogen) atoms. The van der Waals surface area contributed by atoms with Crippen molar-refractivity contribution in [2.75, 3.05) is 0 Å². The van der Waals surface area contributed by atoms with Crippen molar-refractivity contribution in [3.05, 3.63) is 0 Å². The van der Waals surface area contributed by atoms with E-state index in [2.05, 4.69) is 25.7 Å². The molecular formula is C3H4BrCl3O2. The molecule has 0 saturated heterocycles. The maximum atomic E-state index is 5.14. The second-order valence-corrected chi connectivity index (χ2v) is 4.64. The van der Waals surface area contributed by atoms with E-state index in [0.717, 1.165) is 0 Å². The van der Waals surface area contributed by atoms with Crippen LogP contribution in [0.3, 0.4) is 0 Å². The van der Waals surface area contributed by atoms with Crippen molar-refractivity contribution >= 4 is 50.7 Å². The standard InChI is InChI=1S/C3H4BrCl3O2/c1-2(4)8-9-3(5,6)7/h2H,1H3. The van der Waals surface area contributed by atoms with Crippen molar-refractivity contribution in [1.82, 2.24) is 0 Å². The molecule has 0 spiro atoms. The summed E-state index contributed by atoms with van der Waals surface area (Å²) in [5.74, 6) is 0. The van der Waals surface area contributed by atoms with Gasteiger partial charge >= 0.3 is 3.98 Å². The van der Waals surface area contributed by atoms with E-state index in [4.69, 9.17) is 34.8 Å².